The van der Waals surface area contributed by atoms with Crippen molar-refractivity contribution in [3.8, 4) is 33.4 Å². The Hall–Kier alpha value is -5.72. The van der Waals surface area contributed by atoms with E-state index in [0.29, 0.717) is 0 Å². The molecule has 0 bridgehead atoms. The molecule has 2 aliphatic carbocycles. The van der Waals surface area contributed by atoms with Gasteiger partial charge >= 0.3 is 0 Å². The summed E-state index contributed by atoms with van der Waals surface area (Å²) in [5.41, 5.74) is 15.4. The van der Waals surface area contributed by atoms with Crippen LogP contribution < -0.4 is 0 Å². The average molecular weight is 721 g/mol. The second-order valence-electron chi connectivity index (χ2n) is 18.2. The monoisotopic (exact) mass is 720 g/mol. The fourth-order valence-electron chi connectivity index (χ4n) is 11.5. The lowest BCUT2D eigenvalue weighted by molar-refractivity contribution is 0.490. The number of hydrogen-bond acceptors (Lipinski definition) is 0. The van der Waals surface area contributed by atoms with E-state index in [4.69, 9.17) is 0 Å². The smallest absolute Gasteiger partial charge is 0.0210 e. The van der Waals surface area contributed by atoms with E-state index in [1.165, 1.54) is 115 Å². The van der Waals surface area contributed by atoms with Crippen LogP contribution in [0, 0.1) is 0 Å². The summed E-state index contributed by atoms with van der Waals surface area (Å²) in [6.07, 6.45) is 2.11. The standard InChI is InChI=1S/C56H48/c1-8-56(9-2)50-28-33(52-39-22-14-16-24-41(39)53(54(3,4)5)42-25-17-15-23-40(42)52)26-27-38(50)46-31-49-47(32-51(46)56)45-29-43-36-20-12-10-18-34(36)35-19-11-13-21-37(35)44(43)30-48(45)55(49,6)7/h10-32H,8-9H2,1-7H3. The molecule has 0 N–H and O–H groups in total. The van der Waals surface area contributed by atoms with E-state index >= 15 is 0 Å². The number of rotatable bonds is 3. The van der Waals surface area contributed by atoms with Crippen LogP contribution in [0.4, 0.5) is 0 Å². The molecule has 11 rings (SSSR count). The van der Waals surface area contributed by atoms with Gasteiger partial charge < -0.3 is 0 Å². The van der Waals surface area contributed by atoms with Crippen molar-refractivity contribution in [1.29, 1.82) is 0 Å². The van der Waals surface area contributed by atoms with Gasteiger partial charge in [0.25, 0.3) is 0 Å². The second-order valence-corrected chi connectivity index (χ2v) is 18.2. The summed E-state index contributed by atoms with van der Waals surface area (Å²) in [6, 6.07) is 54.0. The van der Waals surface area contributed by atoms with Crippen LogP contribution >= 0.6 is 0 Å². The van der Waals surface area contributed by atoms with Crippen LogP contribution in [0.1, 0.15) is 89.1 Å². The molecule has 0 aromatic heterocycles. The third-order valence-electron chi connectivity index (χ3n) is 14.2. The normalized spacial score (nSPS) is 15.1. The SMILES string of the molecule is CCC1(CC)c2cc(-c3c4ccccc4c(C(C)(C)C)c4ccccc34)ccc2-c2cc3c(cc21)-c1cc2c4ccccc4c4ccccc4c2cc1C3(C)C. The molecule has 0 fully saturated rings. The number of benzene rings is 9. The highest BCUT2D eigenvalue weighted by Crippen LogP contribution is 2.59. The first-order valence-electron chi connectivity index (χ1n) is 20.7. The fraction of sp³-hybridized carbons (Fsp3) is 0.214. The van der Waals surface area contributed by atoms with Gasteiger partial charge in [-0.15, -0.1) is 0 Å². The summed E-state index contributed by atoms with van der Waals surface area (Å²) >= 11 is 0. The van der Waals surface area contributed by atoms with Crippen molar-refractivity contribution >= 4 is 53.9 Å². The summed E-state index contributed by atoms with van der Waals surface area (Å²) in [5, 5.41) is 13.5. The van der Waals surface area contributed by atoms with Crippen molar-refractivity contribution < 1.29 is 0 Å². The van der Waals surface area contributed by atoms with Crippen molar-refractivity contribution in [2.75, 3.05) is 0 Å². The Morgan fingerprint density at radius 2 is 0.804 bits per heavy atom. The van der Waals surface area contributed by atoms with Crippen molar-refractivity contribution in [3.63, 3.8) is 0 Å². The molecule has 2 aliphatic rings. The second kappa shape index (κ2) is 11.4. The zero-order chi connectivity index (χ0) is 38.3. The molecule has 0 heteroatoms. The molecule has 9 aromatic rings. The fourth-order valence-corrected chi connectivity index (χ4v) is 11.5. The Morgan fingerprint density at radius 3 is 1.34 bits per heavy atom. The van der Waals surface area contributed by atoms with Crippen LogP contribution in [0.25, 0.3) is 87.2 Å². The Morgan fingerprint density at radius 1 is 0.393 bits per heavy atom. The lowest BCUT2D eigenvalue weighted by Gasteiger charge is -2.31. The van der Waals surface area contributed by atoms with Crippen LogP contribution in [0.5, 0.6) is 0 Å². The number of fused-ring (bicyclic) bond motifs is 14. The van der Waals surface area contributed by atoms with Gasteiger partial charge in [0.1, 0.15) is 0 Å². The Kier molecular flexibility index (Phi) is 6.85. The molecule has 0 saturated heterocycles. The maximum absolute atomic E-state index is 2.63. The first kappa shape index (κ1) is 33.6. The minimum absolute atomic E-state index is 0.0108. The molecule has 0 saturated carbocycles. The molecule has 0 amide bonds. The van der Waals surface area contributed by atoms with Crippen molar-refractivity contribution in [3.05, 3.63) is 167 Å². The van der Waals surface area contributed by atoms with Gasteiger partial charge in [-0.1, -0.05) is 158 Å². The Bertz CT molecular complexity index is 3100. The summed E-state index contributed by atoms with van der Waals surface area (Å²) in [6.45, 7) is 16.8. The molecule has 272 valence electrons. The van der Waals surface area contributed by atoms with Gasteiger partial charge in [-0.2, -0.15) is 0 Å². The first-order valence-corrected chi connectivity index (χ1v) is 20.7. The minimum atomic E-state index is -0.128. The Labute approximate surface area is 330 Å². The summed E-state index contributed by atoms with van der Waals surface area (Å²) < 4.78 is 0. The molecular weight excluding hydrogens is 673 g/mol. The highest BCUT2D eigenvalue weighted by molar-refractivity contribution is 6.26. The van der Waals surface area contributed by atoms with Crippen LogP contribution in [0.3, 0.4) is 0 Å². The van der Waals surface area contributed by atoms with Crippen LogP contribution in [-0.2, 0) is 16.2 Å². The molecule has 0 atom stereocenters. The molecule has 0 heterocycles. The van der Waals surface area contributed by atoms with E-state index < -0.39 is 0 Å². The van der Waals surface area contributed by atoms with Crippen molar-refractivity contribution in [2.24, 2.45) is 0 Å². The Balaban J connectivity index is 1.15. The molecular formula is C56H48. The third kappa shape index (κ3) is 4.25. The molecule has 0 unspecified atom stereocenters. The van der Waals surface area contributed by atoms with Crippen molar-refractivity contribution in [1.82, 2.24) is 0 Å². The molecule has 0 aliphatic heterocycles. The van der Waals surface area contributed by atoms with Gasteiger partial charge in [0.05, 0.1) is 0 Å². The van der Waals surface area contributed by atoms with E-state index in [9.17, 15) is 0 Å². The predicted molar refractivity (Wildman–Crippen MR) is 242 cm³/mol. The largest absolute Gasteiger partial charge is 0.0642 e. The van der Waals surface area contributed by atoms with E-state index in [0.717, 1.165) is 12.8 Å². The van der Waals surface area contributed by atoms with Crippen LogP contribution in [-0.4, -0.2) is 0 Å². The lowest BCUT2D eigenvalue weighted by Crippen LogP contribution is -2.23. The first-order chi connectivity index (χ1) is 27.1. The molecule has 0 nitrogen and oxygen atoms in total. The van der Waals surface area contributed by atoms with E-state index in [-0.39, 0.29) is 16.2 Å². The van der Waals surface area contributed by atoms with E-state index in [2.05, 4.69) is 188 Å². The molecule has 0 spiro atoms. The van der Waals surface area contributed by atoms with Gasteiger partial charge in [0.2, 0.25) is 0 Å². The maximum Gasteiger partial charge on any atom is 0.0210 e. The van der Waals surface area contributed by atoms with Crippen LogP contribution in [0.2, 0.25) is 0 Å². The average Bonchev–Trinajstić information content (AvgIpc) is 3.61. The lowest BCUT2D eigenvalue weighted by atomic mass is 9.72. The zero-order valence-electron chi connectivity index (χ0n) is 33.7. The van der Waals surface area contributed by atoms with Gasteiger partial charge in [-0.05, 0) is 164 Å². The predicted octanol–water partition coefficient (Wildman–Crippen LogP) is 15.8. The van der Waals surface area contributed by atoms with Gasteiger partial charge in [0, 0.05) is 10.8 Å². The summed E-state index contributed by atoms with van der Waals surface area (Å²) in [5.74, 6) is 0. The van der Waals surface area contributed by atoms with Crippen molar-refractivity contribution in [2.45, 2.75) is 77.6 Å². The zero-order valence-corrected chi connectivity index (χ0v) is 33.7. The highest BCUT2D eigenvalue weighted by Gasteiger charge is 2.45. The summed E-state index contributed by atoms with van der Waals surface area (Å²) in [7, 11) is 0. The van der Waals surface area contributed by atoms with Gasteiger partial charge in [-0.3, -0.25) is 0 Å². The summed E-state index contributed by atoms with van der Waals surface area (Å²) in [4.78, 5) is 0. The minimum Gasteiger partial charge on any atom is -0.0642 e. The quantitative estimate of drug-likeness (QED) is 0.126. The van der Waals surface area contributed by atoms with Gasteiger partial charge in [0.15, 0.2) is 0 Å². The van der Waals surface area contributed by atoms with Gasteiger partial charge in [-0.25, -0.2) is 0 Å². The third-order valence-corrected chi connectivity index (χ3v) is 14.2. The van der Waals surface area contributed by atoms with Crippen LogP contribution in [0.15, 0.2) is 140 Å². The topological polar surface area (TPSA) is 0 Å². The highest BCUT2D eigenvalue weighted by atomic mass is 14.5. The van der Waals surface area contributed by atoms with E-state index in [1.807, 2.05) is 0 Å². The molecule has 9 aromatic carbocycles. The van der Waals surface area contributed by atoms with E-state index in [1.54, 1.807) is 0 Å². The number of hydrogen-bond donors (Lipinski definition) is 0. The molecule has 56 heavy (non-hydrogen) atoms. The maximum atomic E-state index is 2.63. The molecule has 0 radical (unpaired) electrons.